The molecule has 1 aromatic rings. The van der Waals surface area contributed by atoms with Gasteiger partial charge in [-0.05, 0) is 44.0 Å². The van der Waals surface area contributed by atoms with Crippen LogP contribution in [0.2, 0.25) is 0 Å². The van der Waals surface area contributed by atoms with E-state index in [9.17, 15) is 9.59 Å². The molecule has 0 bridgehead atoms. The van der Waals surface area contributed by atoms with E-state index >= 15 is 0 Å². The number of hydrogen-bond donors (Lipinski definition) is 1. The van der Waals surface area contributed by atoms with Crippen LogP contribution in [0.3, 0.4) is 0 Å². The van der Waals surface area contributed by atoms with Crippen molar-refractivity contribution in [1.82, 2.24) is 4.90 Å². The molecular formula is C18H26N2O3. The molecule has 1 aliphatic carbocycles. The Hall–Kier alpha value is -2.04. The molecule has 0 radical (unpaired) electrons. The number of hydrogen-bond acceptors (Lipinski definition) is 3. The van der Waals surface area contributed by atoms with Gasteiger partial charge in [0.05, 0.1) is 6.61 Å². The maximum atomic E-state index is 12.2. The van der Waals surface area contributed by atoms with Crippen molar-refractivity contribution in [2.24, 2.45) is 0 Å². The van der Waals surface area contributed by atoms with Gasteiger partial charge in [-0.25, -0.2) is 0 Å². The Morgan fingerprint density at radius 2 is 1.83 bits per heavy atom. The standard InChI is InChI=1S/C18H26N2O3/c1-3-23-17-11-9-15(10-12-17)19-18(22)13-20(14(2)21)16-7-5-4-6-8-16/h9-12,16H,3-8,13H2,1-2H3,(H,19,22). The molecule has 5 heteroatoms. The summed E-state index contributed by atoms with van der Waals surface area (Å²) in [7, 11) is 0. The summed E-state index contributed by atoms with van der Waals surface area (Å²) in [5, 5.41) is 2.85. The first-order valence-corrected chi connectivity index (χ1v) is 8.40. The molecule has 2 rings (SSSR count). The van der Waals surface area contributed by atoms with Gasteiger partial charge in [0.2, 0.25) is 11.8 Å². The molecule has 23 heavy (non-hydrogen) atoms. The summed E-state index contributed by atoms with van der Waals surface area (Å²) in [5.41, 5.74) is 0.714. The van der Waals surface area contributed by atoms with Crippen LogP contribution in [0.5, 0.6) is 5.75 Å². The number of anilines is 1. The Morgan fingerprint density at radius 3 is 2.39 bits per heavy atom. The molecule has 1 fully saturated rings. The van der Waals surface area contributed by atoms with Gasteiger partial charge in [-0.15, -0.1) is 0 Å². The second kappa shape index (κ2) is 8.56. The fraction of sp³-hybridized carbons (Fsp3) is 0.556. The third-order valence-electron chi connectivity index (χ3n) is 4.18. The molecular weight excluding hydrogens is 292 g/mol. The van der Waals surface area contributed by atoms with Crippen molar-refractivity contribution in [2.45, 2.75) is 52.0 Å². The number of rotatable bonds is 6. The summed E-state index contributed by atoms with van der Waals surface area (Å²) >= 11 is 0. The molecule has 0 heterocycles. The van der Waals surface area contributed by atoms with Crippen LogP contribution in [0.4, 0.5) is 5.69 Å². The van der Waals surface area contributed by atoms with Crippen molar-refractivity contribution in [2.75, 3.05) is 18.5 Å². The maximum Gasteiger partial charge on any atom is 0.244 e. The molecule has 0 atom stereocenters. The van der Waals surface area contributed by atoms with E-state index in [0.29, 0.717) is 12.3 Å². The van der Waals surface area contributed by atoms with Crippen LogP contribution in [0.15, 0.2) is 24.3 Å². The van der Waals surface area contributed by atoms with E-state index in [1.165, 1.54) is 6.42 Å². The van der Waals surface area contributed by atoms with Gasteiger partial charge in [-0.3, -0.25) is 9.59 Å². The minimum atomic E-state index is -0.157. The van der Waals surface area contributed by atoms with Gasteiger partial charge < -0.3 is 15.0 Å². The third-order valence-corrected chi connectivity index (χ3v) is 4.18. The van der Waals surface area contributed by atoms with Crippen molar-refractivity contribution in [3.05, 3.63) is 24.3 Å². The normalized spacial score (nSPS) is 15.0. The van der Waals surface area contributed by atoms with Crippen LogP contribution < -0.4 is 10.1 Å². The van der Waals surface area contributed by atoms with E-state index in [0.717, 1.165) is 31.4 Å². The highest BCUT2D eigenvalue weighted by Gasteiger charge is 2.25. The molecule has 0 unspecified atom stereocenters. The van der Waals surface area contributed by atoms with Crippen LogP contribution >= 0.6 is 0 Å². The van der Waals surface area contributed by atoms with Gasteiger partial charge in [0.15, 0.2) is 0 Å². The number of carbonyl (C=O) groups is 2. The lowest BCUT2D eigenvalue weighted by molar-refractivity contribution is -0.135. The molecule has 0 aromatic heterocycles. The second-order valence-corrected chi connectivity index (χ2v) is 5.94. The van der Waals surface area contributed by atoms with Crippen LogP contribution in [-0.2, 0) is 9.59 Å². The summed E-state index contributed by atoms with van der Waals surface area (Å²) in [6, 6.07) is 7.46. The molecule has 0 spiro atoms. The van der Waals surface area contributed by atoms with Gasteiger partial charge in [0, 0.05) is 18.7 Å². The fourth-order valence-corrected chi connectivity index (χ4v) is 3.05. The van der Waals surface area contributed by atoms with Crippen molar-refractivity contribution in [3.8, 4) is 5.75 Å². The molecule has 0 aliphatic heterocycles. The predicted molar refractivity (Wildman–Crippen MR) is 90.5 cm³/mol. The molecule has 2 amide bonds. The number of nitrogens with zero attached hydrogens (tertiary/aromatic N) is 1. The van der Waals surface area contributed by atoms with Crippen molar-refractivity contribution in [3.63, 3.8) is 0 Å². The van der Waals surface area contributed by atoms with Crippen molar-refractivity contribution >= 4 is 17.5 Å². The van der Waals surface area contributed by atoms with Crippen LogP contribution in [0.1, 0.15) is 46.0 Å². The number of amides is 2. The number of ether oxygens (including phenoxy) is 1. The molecule has 1 aliphatic rings. The Bertz CT molecular complexity index is 522. The molecule has 126 valence electrons. The average Bonchev–Trinajstić information content (AvgIpc) is 2.55. The highest BCUT2D eigenvalue weighted by atomic mass is 16.5. The lowest BCUT2D eigenvalue weighted by atomic mass is 9.94. The third kappa shape index (κ3) is 5.27. The van der Waals surface area contributed by atoms with Gasteiger partial charge in [-0.1, -0.05) is 19.3 Å². The Kier molecular flexibility index (Phi) is 6.44. The molecule has 1 N–H and O–H groups in total. The molecule has 1 saturated carbocycles. The largest absolute Gasteiger partial charge is 0.494 e. The monoisotopic (exact) mass is 318 g/mol. The zero-order chi connectivity index (χ0) is 16.7. The van der Waals surface area contributed by atoms with Gasteiger partial charge in [-0.2, -0.15) is 0 Å². The predicted octanol–water partition coefficient (Wildman–Crippen LogP) is 3.21. The summed E-state index contributed by atoms with van der Waals surface area (Å²) in [4.78, 5) is 25.8. The second-order valence-electron chi connectivity index (χ2n) is 5.94. The van der Waals surface area contributed by atoms with Gasteiger partial charge in [0.1, 0.15) is 12.3 Å². The Morgan fingerprint density at radius 1 is 1.17 bits per heavy atom. The van der Waals surface area contributed by atoms with E-state index < -0.39 is 0 Å². The van der Waals surface area contributed by atoms with Gasteiger partial charge in [0.25, 0.3) is 0 Å². The number of benzene rings is 1. The summed E-state index contributed by atoms with van der Waals surface area (Å²) in [5.74, 6) is 0.590. The van der Waals surface area contributed by atoms with E-state index in [2.05, 4.69) is 5.32 Å². The zero-order valence-corrected chi connectivity index (χ0v) is 14.0. The van der Waals surface area contributed by atoms with Crippen LogP contribution in [0, 0.1) is 0 Å². The summed E-state index contributed by atoms with van der Waals surface area (Å²) in [6.07, 6.45) is 5.48. The van der Waals surface area contributed by atoms with Crippen molar-refractivity contribution < 1.29 is 14.3 Å². The maximum absolute atomic E-state index is 12.2. The van der Waals surface area contributed by atoms with Crippen LogP contribution in [-0.4, -0.2) is 35.9 Å². The summed E-state index contributed by atoms with van der Waals surface area (Å²) in [6.45, 7) is 4.20. The summed E-state index contributed by atoms with van der Waals surface area (Å²) < 4.78 is 5.38. The Labute approximate surface area is 138 Å². The van der Waals surface area contributed by atoms with E-state index in [-0.39, 0.29) is 24.4 Å². The first-order valence-electron chi connectivity index (χ1n) is 8.40. The minimum Gasteiger partial charge on any atom is -0.494 e. The Balaban J connectivity index is 1.91. The fourth-order valence-electron chi connectivity index (χ4n) is 3.05. The smallest absolute Gasteiger partial charge is 0.244 e. The first-order chi connectivity index (χ1) is 11.1. The highest BCUT2D eigenvalue weighted by Crippen LogP contribution is 2.23. The highest BCUT2D eigenvalue weighted by molar-refractivity contribution is 5.94. The quantitative estimate of drug-likeness (QED) is 0.876. The topological polar surface area (TPSA) is 58.6 Å². The lowest BCUT2D eigenvalue weighted by Gasteiger charge is -2.33. The lowest BCUT2D eigenvalue weighted by Crippen LogP contribution is -2.44. The molecule has 0 saturated heterocycles. The van der Waals surface area contributed by atoms with Crippen molar-refractivity contribution in [1.29, 1.82) is 0 Å². The van der Waals surface area contributed by atoms with Crippen LogP contribution in [0.25, 0.3) is 0 Å². The average molecular weight is 318 g/mol. The molecule has 5 nitrogen and oxygen atoms in total. The zero-order valence-electron chi connectivity index (χ0n) is 14.0. The van der Waals surface area contributed by atoms with Gasteiger partial charge >= 0.3 is 0 Å². The SMILES string of the molecule is CCOc1ccc(NC(=O)CN(C(C)=O)C2CCCCC2)cc1. The minimum absolute atomic E-state index is 0.0289. The van der Waals surface area contributed by atoms with E-state index in [1.54, 1.807) is 11.8 Å². The number of carbonyl (C=O) groups excluding carboxylic acids is 2. The molecule has 1 aromatic carbocycles. The number of nitrogens with one attached hydrogen (secondary N) is 1. The van der Waals surface area contributed by atoms with E-state index in [1.807, 2.05) is 31.2 Å². The van der Waals surface area contributed by atoms with E-state index in [4.69, 9.17) is 4.74 Å². The first kappa shape index (κ1) is 17.3.